The molecule has 0 aliphatic carbocycles. The lowest BCUT2D eigenvalue weighted by Gasteiger charge is -2.29. The number of esters is 1. The van der Waals surface area contributed by atoms with Gasteiger partial charge in [0.1, 0.15) is 11.6 Å². The van der Waals surface area contributed by atoms with Crippen molar-refractivity contribution >= 4 is 12.1 Å². The molecule has 0 aromatic carbocycles. The van der Waals surface area contributed by atoms with Gasteiger partial charge < -0.3 is 14.7 Å². The number of carboxylic acid groups (broad SMARTS) is 1. The zero-order valence-electron chi connectivity index (χ0n) is 13.7. The molecule has 1 rings (SSSR count). The molecule has 0 aromatic rings. The fourth-order valence-corrected chi connectivity index (χ4v) is 2.39. The summed E-state index contributed by atoms with van der Waals surface area (Å²) in [5.41, 5.74) is -0.521. The van der Waals surface area contributed by atoms with Gasteiger partial charge in [0.15, 0.2) is 0 Å². The fourth-order valence-electron chi connectivity index (χ4n) is 2.39. The van der Waals surface area contributed by atoms with Gasteiger partial charge in [-0.05, 0) is 33.1 Å². The Hall–Kier alpha value is -1.30. The maximum absolute atomic E-state index is 12.3. The quantitative estimate of drug-likeness (QED) is 0.760. The van der Waals surface area contributed by atoms with Gasteiger partial charge >= 0.3 is 12.1 Å². The Morgan fingerprint density at radius 1 is 1.43 bits per heavy atom. The van der Waals surface area contributed by atoms with Gasteiger partial charge in [-0.15, -0.1) is 0 Å². The van der Waals surface area contributed by atoms with Gasteiger partial charge in [0, 0.05) is 19.1 Å². The molecule has 0 spiro atoms. The van der Waals surface area contributed by atoms with Crippen LogP contribution in [-0.2, 0) is 9.53 Å². The van der Waals surface area contributed by atoms with E-state index in [0.29, 0.717) is 13.1 Å². The van der Waals surface area contributed by atoms with Crippen molar-refractivity contribution in [2.75, 3.05) is 13.1 Å². The van der Waals surface area contributed by atoms with Gasteiger partial charge in [0.05, 0.1) is 0 Å². The normalized spacial score (nSPS) is 22.0. The molecule has 0 saturated carbocycles. The van der Waals surface area contributed by atoms with Crippen LogP contribution in [0.5, 0.6) is 0 Å². The summed E-state index contributed by atoms with van der Waals surface area (Å²) < 4.78 is 5.48. The lowest BCUT2D eigenvalue weighted by molar-refractivity contribution is -0.159. The van der Waals surface area contributed by atoms with E-state index in [9.17, 15) is 9.59 Å². The van der Waals surface area contributed by atoms with E-state index in [1.165, 1.54) is 4.90 Å². The Morgan fingerprint density at radius 3 is 2.48 bits per heavy atom. The minimum absolute atomic E-state index is 0.00705. The summed E-state index contributed by atoms with van der Waals surface area (Å²) in [5.74, 6) is -0.121. The van der Waals surface area contributed by atoms with Crippen LogP contribution in [-0.4, -0.2) is 52.8 Å². The molecule has 1 saturated heterocycles. The zero-order chi connectivity index (χ0) is 16.2. The number of carbonyl (C=O) groups excluding carboxylic acids is 1. The molecule has 1 amide bonds. The van der Waals surface area contributed by atoms with Crippen molar-refractivity contribution in [3.8, 4) is 0 Å². The summed E-state index contributed by atoms with van der Waals surface area (Å²) in [6, 6.07) is -0.388. The molecule has 1 aliphatic rings. The third-order valence-electron chi connectivity index (χ3n) is 3.75. The molecule has 0 aromatic heterocycles. The van der Waals surface area contributed by atoms with Crippen LogP contribution in [0.3, 0.4) is 0 Å². The highest BCUT2D eigenvalue weighted by Crippen LogP contribution is 2.18. The SMILES string of the molecule is CC[C@H](C)[C@H](NC1CCN(C(=O)O)C1)C(=O)OC(C)(C)C. The van der Waals surface area contributed by atoms with E-state index < -0.39 is 17.7 Å². The molecule has 3 atom stereocenters. The zero-order valence-corrected chi connectivity index (χ0v) is 13.7. The van der Waals surface area contributed by atoms with Gasteiger partial charge in [-0.1, -0.05) is 20.3 Å². The minimum atomic E-state index is -0.906. The molecule has 21 heavy (non-hydrogen) atoms. The first-order valence-electron chi connectivity index (χ1n) is 7.60. The molecule has 0 bridgehead atoms. The first kappa shape index (κ1) is 17.8. The Labute approximate surface area is 126 Å². The van der Waals surface area contributed by atoms with Crippen molar-refractivity contribution < 1.29 is 19.4 Å². The predicted octanol–water partition coefficient (Wildman–Crippen LogP) is 2.08. The standard InChI is InChI=1S/C15H28N2O4/c1-6-10(2)12(13(18)21-15(3,4)5)16-11-7-8-17(9-11)14(19)20/h10-12,16H,6-9H2,1-5H3,(H,19,20)/t10-,11?,12-/m0/s1. The number of amides is 1. The highest BCUT2D eigenvalue weighted by Gasteiger charge is 2.34. The minimum Gasteiger partial charge on any atom is -0.465 e. The van der Waals surface area contributed by atoms with Crippen molar-refractivity contribution in [2.24, 2.45) is 5.92 Å². The number of hydrogen-bond donors (Lipinski definition) is 2. The Morgan fingerprint density at radius 2 is 2.05 bits per heavy atom. The van der Waals surface area contributed by atoms with Gasteiger partial charge in [-0.2, -0.15) is 0 Å². The lowest BCUT2D eigenvalue weighted by atomic mass is 9.97. The van der Waals surface area contributed by atoms with Crippen LogP contribution < -0.4 is 5.32 Å². The molecule has 6 heteroatoms. The van der Waals surface area contributed by atoms with Crippen LogP contribution in [0.2, 0.25) is 0 Å². The molecule has 1 fully saturated rings. The summed E-state index contributed by atoms with van der Waals surface area (Å²) in [5, 5.41) is 12.3. The Kier molecular flexibility index (Phi) is 6.01. The number of nitrogens with one attached hydrogen (secondary N) is 1. The van der Waals surface area contributed by atoms with Crippen molar-refractivity contribution in [1.29, 1.82) is 0 Å². The van der Waals surface area contributed by atoms with Crippen LogP contribution in [0, 0.1) is 5.92 Å². The first-order valence-corrected chi connectivity index (χ1v) is 7.60. The highest BCUT2D eigenvalue weighted by molar-refractivity contribution is 5.76. The largest absolute Gasteiger partial charge is 0.465 e. The molecule has 122 valence electrons. The fraction of sp³-hybridized carbons (Fsp3) is 0.867. The second kappa shape index (κ2) is 7.11. The van der Waals surface area contributed by atoms with E-state index in [2.05, 4.69) is 5.32 Å². The first-order chi connectivity index (χ1) is 9.64. The number of carbonyl (C=O) groups is 2. The van der Waals surface area contributed by atoms with E-state index >= 15 is 0 Å². The molecule has 1 aliphatic heterocycles. The summed E-state index contributed by atoms with van der Waals surface area (Å²) in [6.07, 6.45) is 0.672. The van der Waals surface area contributed by atoms with Gasteiger partial charge in [-0.25, -0.2) is 4.79 Å². The van der Waals surface area contributed by atoms with Gasteiger partial charge in [0.2, 0.25) is 0 Å². The molecule has 0 radical (unpaired) electrons. The van der Waals surface area contributed by atoms with E-state index in [1.807, 2.05) is 34.6 Å². The maximum Gasteiger partial charge on any atom is 0.407 e. The summed E-state index contributed by atoms with van der Waals surface area (Å²) >= 11 is 0. The third-order valence-corrected chi connectivity index (χ3v) is 3.75. The molecule has 1 unspecified atom stereocenters. The van der Waals surface area contributed by atoms with Crippen molar-refractivity contribution in [2.45, 2.75) is 65.1 Å². The number of nitrogens with zero attached hydrogens (tertiary/aromatic N) is 1. The second-order valence-electron chi connectivity index (χ2n) is 6.78. The average molecular weight is 300 g/mol. The second-order valence-corrected chi connectivity index (χ2v) is 6.78. The van der Waals surface area contributed by atoms with Crippen LogP contribution in [0.25, 0.3) is 0 Å². The van der Waals surface area contributed by atoms with Crippen LogP contribution >= 0.6 is 0 Å². The smallest absolute Gasteiger partial charge is 0.407 e. The molecule has 1 heterocycles. The molecular weight excluding hydrogens is 272 g/mol. The lowest BCUT2D eigenvalue weighted by Crippen LogP contribution is -2.50. The molecule has 6 nitrogen and oxygen atoms in total. The third kappa shape index (κ3) is 5.53. The number of likely N-dealkylation sites (tertiary alicyclic amines) is 1. The van der Waals surface area contributed by atoms with Crippen LogP contribution in [0.1, 0.15) is 47.5 Å². The predicted molar refractivity (Wildman–Crippen MR) is 80.2 cm³/mol. The molecule has 2 N–H and O–H groups in total. The molecular formula is C15H28N2O4. The van der Waals surface area contributed by atoms with Crippen molar-refractivity contribution in [3.05, 3.63) is 0 Å². The number of hydrogen-bond acceptors (Lipinski definition) is 4. The van der Waals surface area contributed by atoms with E-state index in [4.69, 9.17) is 9.84 Å². The summed E-state index contributed by atoms with van der Waals surface area (Å²) in [6.45, 7) is 10.5. The maximum atomic E-state index is 12.3. The van der Waals surface area contributed by atoms with E-state index in [-0.39, 0.29) is 17.9 Å². The Balaban J connectivity index is 2.67. The summed E-state index contributed by atoms with van der Waals surface area (Å²) in [7, 11) is 0. The monoisotopic (exact) mass is 300 g/mol. The van der Waals surface area contributed by atoms with Crippen molar-refractivity contribution in [1.82, 2.24) is 10.2 Å². The van der Waals surface area contributed by atoms with Gasteiger partial charge in [0.25, 0.3) is 0 Å². The topological polar surface area (TPSA) is 78.9 Å². The van der Waals surface area contributed by atoms with E-state index in [0.717, 1.165) is 12.8 Å². The van der Waals surface area contributed by atoms with Gasteiger partial charge in [-0.3, -0.25) is 10.1 Å². The average Bonchev–Trinajstić information content (AvgIpc) is 2.81. The van der Waals surface area contributed by atoms with Crippen molar-refractivity contribution in [3.63, 3.8) is 0 Å². The summed E-state index contributed by atoms with van der Waals surface area (Å²) in [4.78, 5) is 24.7. The van der Waals surface area contributed by atoms with E-state index in [1.54, 1.807) is 0 Å². The number of rotatable bonds is 5. The number of ether oxygens (including phenoxy) is 1. The van der Waals surface area contributed by atoms with Crippen LogP contribution in [0.15, 0.2) is 0 Å². The Bertz CT molecular complexity index is 378. The highest BCUT2D eigenvalue weighted by atomic mass is 16.6. The van der Waals surface area contributed by atoms with Crippen LogP contribution in [0.4, 0.5) is 4.79 Å².